The number of aliphatic imine (C=N–C) groups is 1. The maximum atomic E-state index is 5.95. The highest BCUT2D eigenvalue weighted by Crippen LogP contribution is 2.48. The fourth-order valence-electron chi connectivity index (χ4n) is 3.82. The third-order valence-electron chi connectivity index (χ3n) is 5.42. The van der Waals surface area contributed by atoms with Crippen LogP contribution in [0.25, 0.3) is 0 Å². The van der Waals surface area contributed by atoms with Gasteiger partial charge in [-0.3, -0.25) is 9.67 Å². The van der Waals surface area contributed by atoms with Crippen molar-refractivity contribution in [2.45, 2.75) is 65.1 Å². The molecule has 1 aromatic heterocycles. The second kappa shape index (κ2) is 9.06. The lowest BCUT2D eigenvalue weighted by Gasteiger charge is -2.55. The zero-order valence-electron chi connectivity index (χ0n) is 15.6. The molecule has 2 N–H and O–H groups in total. The van der Waals surface area contributed by atoms with E-state index in [1.165, 1.54) is 0 Å². The van der Waals surface area contributed by atoms with Gasteiger partial charge in [0.25, 0.3) is 0 Å². The fraction of sp³-hybridized carbons (Fsp3) is 0.778. The summed E-state index contributed by atoms with van der Waals surface area (Å²) in [5, 5.41) is 11.3. The molecule has 1 heterocycles. The minimum Gasteiger partial charge on any atom is -0.378 e. The zero-order chi connectivity index (χ0) is 17.4. The highest BCUT2D eigenvalue weighted by molar-refractivity contribution is 5.80. The molecule has 1 saturated carbocycles. The molecule has 0 radical (unpaired) electrons. The number of nitrogens with zero attached hydrogens (tertiary/aromatic N) is 3. The normalized spacial score (nSPS) is 22.9. The van der Waals surface area contributed by atoms with E-state index in [0.717, 1.165) is 51.3 Å². The smallest absolute Gasteiger partial charge is 0.191 e. The average Bonchev–Trinajstić information content (AvgIpc) is 3.10. The van der Waals surface area contributed by atoms with Gasteiger partial charge in [0.2, 0.25) is 0 Å². The van der Waals surface area contributed by atoms with Crippen LogP contribution >= 0.6 is 0 Å². The summed E-state index contributed by atoms with van der Waals surface area (Å²) in [6.07, 6.45) is 8.50. The van der Waals surface area contributed by atoms with Crippen LogP contribution in [-0.4, -0.2) is 48.1 Å². The van der Waals surface area contributed by atoms with Gasteiger partial charge < -0.3 is 15.4 Å². The lowest BCUT2D eigenvalue weighted by Crippen LogP contribution is -2.65. The summed E-state index contributed by atoms with van der Waals surface area (Å²) in [7, 11) is 1.83. The first-order valence-electron chi connectivity index (χ1n) is 9.26. The number of hydrogen-bond donors (Lipinski definition) is 2. The molecule has 24 heavy (non-hydrogen) atoms. The van der Waals surface area contributed by atoms with E-state index in [9.17, 15) is 0 Å². The largest absolute Gasteiger partial charge is 0.378 e. The lowest BCUT2D eigenvalue weighted by atomic mass is 9.58. The number of nitrogens with one attached hydrogen (secondary N) is 2. The van der Waals surface area contributed by atoms with E-state index in [1.54, 1.807) is 0 Å². The molecule has 0 bridgehead atoms. The van der Waals surface area contributed by atoms with E-state index in [4.69, 9.17) is 4.74 Å². The van der Waals surface area contributed by atoms with E-state index in [0.29, 0.717) is 12.1 Å². The first kappa shape index (κ1) is 18.8. The van der Waals surface area contributed by atoms with E-state index < -0.39 is 0 Å². The van der Waals surface area contributed by atoms with Gasteiger partial charge in [0.15, 0.2) is 5.96 Å². The van der Waals surface area contributed by atoms with Crippen molar-refractivity contribution >= 4 is 5.96 Å². The van der Waals surface area contributed by atoms with Gasteiger partial charge in [0.1, 0.15) is 0 Å². The van der Waals surface area contributed by atoms with Gasteiger partial charge in [0.05, 0.1) is 6.10 Å². The van der Waals surface area contributed by atoms with Crippen LogP contribution in [0.5, 0.6) is 0 Å². The van der Waals surface area contributed by atoms with Crippen LogP contribution in [0.4, 0.5) is 0 Å². The van der Waals surface area contributed by atoms with Crippen molar-refractivity contribution in [3.8, 4) is 0 Å². The standard InChI is InChI=1S/C18H33N5O/c1-5-18(6-2)15(14-16(18)24-7-3)22-17(19-4)20-10-8-12-23-13-9-11-21-23/h9,11,13,15-16H,5-8,10,12,14H2,1-4H3,(H2,19,20,22). The number of aromatic nitrogens is 2. The topological polar surface area (TPSA) is 63.5 Å². The Balaban J connectivity index is 1.79. The number of aryl methyl sites for hydroxylation is 1. The number of ether oxygens (including phenoxy) is 1. The molecule has 1 aliphatic rings. The molecule has 2 rings (SSSR count). The van der Waals surface area contributed by atoms with Crippen molar-refractivity contribution < 1.29 is 4.74 Å². The fourth-order valence-corrected chi connectivity index (χ4v) is 3.82. The summed E-state index contributed by atoms with van der Waals surface area (Å²) in [6.45, 7) is 9.21. The minimum atomic E-state index is 0.225. The molecule has 0 spiro atoms. The molecule has 6 heteroatoms. The summed E-state index contributed by atoms with van der Waals surface area (Å²) < 4.78 is 7.90. The van der Waals surface area contributed by atoms with Crippen LogP contribution in [-0.2, 0) is 11.3 Å². The van der Waals surface area contributed by atoms with Crippen molar-refractivity contribution in [2.75, 3.05) is 20.2 Å². The summed E-state index contributed by atoms with van der Waals surface area (Å²) in [5.74, 6) is 0.890. The second-order valence-electron chi connectivity index (χ2n) is 6.44. The molecule has 1 fully saturated rings. The van der Waals surface area contributed by atoms with Crippen LogP contribution in [0.2, 0.25) is 0 Å². The molecule has 1 aliphatic carbocycles. The number of hydrogen-bond acceptors (Lipinski definition) is 3. The third kappa shape index (κ3) is 4.09. The van der Waals surface area contributed by atoms with Crippen molar-refractivity contribution in [3.05, 3.63) is 18.5 Å². The van der Waals surface area contributed by atoms with Crippen molar-refractivity contribution in [1.82, 2.24) is 20.4 Å². The van der Waals surface area contributed by atoms with Gasteiger partial charge in [-0.05, 0) is 38.7 Å². The molecular weight excluding hydrogens is 302 g/mol. The number of guanidine groups is 1. The molecular formula is C18H33N5O. The first-order valence-corrected chi connectivity index (χ1v) is 9.26. The van der Waals surface area contributed by atoms with E-state index >= 15 is 0 Å². The first-order chi connectivity index (χ1) is 11.7. The third-order valence-corrected chi connectivity index (χ3v) is 5.42. The van der Waals surface area contributed by atoms with Gasteiger partial charge in [0, 0.05) is 50.6 Å². The Morgan fingerprint density at radius 2 is 2.17 bits per heavy atom. The lowest BCUT2D eigenvalue weighted by molar-refractivity contribution is -0.133. The maximum absolute atomic E-state index is 5.95. The maximum Gasteiger partial charge on any atom is 0.191 e. The Hall–Kier alpha value is -1.56. The van der Waals surface area contributed by atoms with E-state index in [1.807, 2.05) is 30.2 Å². The van der Waals surface area contributed by atoms with Crippen LogP contribution in [0.1, 0.15) is 46.5 Å². The molecule has 0 amide bonds. The molecule has 6 nitrogen and oxygen atoms in total. The average molecular weight is 335 g/mol. The molecule has 1 aromatic rings. The quantitative estimate of drug-likeness (QED) is 0.413. The Morgan fingerprint density at radius 1 is 1.38 bits per heavy atom. The Kier molecular flexibility index (Phi) is 7.09. The number of rotatable bonds is 9. The summed E-state index contributed by atoms with van der Waals surface area (Å²) >= 11 is 0. The summed E-state index contributed by atoms with van der Waals surface area (Å²) in [4.78, 5) is 4.38. The molecule has 0 saturated heterocycles. The van der Waals surface area contributed by atoms with Crippen molar-refractivity contribution in [2.24, 2.45) is 10.4 Å². The molecule has 0 aromatic carbocycles. The van der Waals surface area contributed by atoms with Gasteiger partial charge in [-0.1, -0.05) is 13.8 Å². The zero-order valence-corrected chi connectivity index (χ0v) is 15.6. The van der Waals surface area contributed by atoms with Gasteiger partial charge in [-0.25, -0.2) is 0 Å². The second-order valence-corrected chi connectivity index (χ2v) is 6.44. The molecule has 0 aliphatic heterocycles. The van der Waals surface area contributed by atoms with Crippen molar-refractivity contribution in [1.29, 1.82) is 0 Å². The van der Waals surface area contributed by atoms with E-state index in [-0.39, 0.29) is 5.41 Å². The van der Waals surface area contributed by atoms with Gasteiger partial charge in [-0.15, -0.1) is 0 Å². The highest BCUT2D eigenvalue weighted by Gasteiger charge is 2.53. The molecule has 2 atom stereocenters. The molecule has 2 unspecified atom stereocenters. The summed E-state index contributed by atoms with van der Waals surface area (Å²) in [6, 6.07) is 2.38. The van der Waals surface area contributed by atoms with Crippen LogP contribution in [0.3, 0.4) is 0 Å². The SMILES string of the molecule is CCOC1CC(NC(=NC)NCCCn2cccn2)C1(CC)CC. The molecule has 136 valence electrons. The van der Waals surface area contributed by atoms with Crippen molar-refractivity contribution in [3.63, 3.8) is 0 Å². The predicted molar refractivity (Wildman–Crippen MR) is 98.2 cm³/mol. The minimum absolute atomic E-state index is 0.225. The Bertz CT molecular complexity index is 496. The van der Waals surface area contributed by atoms with Gasteiger partial charge >= 0.3 is 0 Å². The van der Waals surface area contributed by atoms with Crippen LogP contribution < -0.4 is 10.6 Å². The van der Waals surface area contributed by atoms with Crippen LogP contribution in [0, 0.1) is 5.41 Å². The van der Waals surface area contributed by atoms with Gasteiger partial charge in [-0.2, -0.15) is 5.10 Å². The highest BCUT2D eigenvalue weighted by atomic mass is 16.5. The van der Waals surface area contributed by atoms with E-state index in [2.05, 4.69) is 41.5 Å². The predicted octanol–water partition coefficient (Wildman–Crippen LogP) is 2.42. The Morgan fingerprint density at radius 3 is 2.75 bits per heavy atom. The monoisotopic (exact) mass is 335 g/mol. The summed E-state index contributed by atoms with van der Waals surface area (Å²) in [5.41, 5.74) is 0.225. The van der Waals surface area contributed by atoms with Crippen LogP contribution in [0.15, 0.2) is 23.5 Å². The Labute approximate surface area is 146 Å².